The van der Waals surface area contributed by atoms with Gasteiger partial charge in [-0.15, -0.1) is 0 Å². The molecule has 1 aliphatic rings. The first kappa shape index (κ1) is 12.0. The van der Waals surface area contributed by atoms with Gasteiger partial charge in [0, 0.05) is 6.42 Å². The fourth-order valence-electron chi connectivity index (χ4n) is 1.62. The third-order valence-corrected chi connectivity index (χ3v) is 2.45. The molecular weight excluding hydrogens is 233 g/mol. The Kier molecular flexibility index (Phi) is 3.36. The second-order valence-corrected chi connectivity index (χ2v) is 3.72. The molecule has 1 aromatic rings. The third kappa shape index (κ3) is 2.60. The van der Waals surface area contributed by atoms with Gasteiger partial charge in [-0.1, -0.05) is 0 Å². The molecule has 94 valence electrons. The number of hydrogen-bond acceptors (Lipinski definition) is 6. The third-order valence-electron chi connectivity index (χ3n) is 2.45. The molecule has 0 unspecified atom stereocenters. The number of halogens is 1. The minimum absolute atomic E-state index is 0.201. The molecule has 8 heteroatoms. The summed E-state index contributed by atoms with van der Waals surface area (Å²) in [4.78, 5) is 16.2. The Hall–Kier alpha value is -1.51. The van der Waals surface area contributed by atoms with Gasteiger partial charge in [0.2, 0.25) is 0 Å². The summed E-state index contributed by atoms with van der Waals surface area (Å²) in [5.74, 6) is -0.958. The number of nitrogens with zero attached hydrogens (tertiary/aromatic N) is 1. The molecule has 0 spiro atoms. The first-order chi connectivity index (χ1) is 8.10. The van der Waals surface area contributed by atoms with E-state index in [1.807, 2.05) is 0 Å². The van der Waals surface area contributed by atoms with E-state index < -0.39 is 29.9 Å². The van der Waals surface area contributed by atoms with E-state index in [0.717, 1.165) is 6.20 Å². The second kappa shape index (κ2) is 4.78. The van der Waals surface area contributed by atoms with Crippen LogP contribution in [0.15, 0.2) is 11.0 Å². The standard InChI is InChI=1S/C9H12FN3O4/c10-5-2-11-9(16)13-7(5)12-8-6(15)1-4(3-14)17-8/h2,4,6,8,14-15H,1,3H2,(H2,11,12,13,16)/t4-,6+,8+/m0/s1. The molecule has 4 N–H and O–H groups in total. The molecule has 7 nitrogen and oxygen atoms in total. The van der Waals surface area contributed by atoms with Crippen LogP contribution in [0.2, 0.25) is 0 Å². The van der Waals surface area contributed by atoms with E-state index in [1.165, 1.54) is 0 Å². The molecule has 0 bridgehead atoms. The van der Waals surface area contributed by atoms with Gasteiger partial charge in [-0.25, -0.2) is 9.18 Å². The van der Waals surface area contributed by atoms with Crippen LogP contribution in [-0.4, -0.2) is 45.2 Å². The molecule has 0 aliphatic carbocycles. The largest absolute Gasteiger partial charge is 0.394 e. The molecule has 1 fully saturated rings. The average Bonchev–Trinajstić information content (AvgIpc) is 2.65. The molecule has 2 rings (SSSR count). The van der Waals surface area contributed by atoms with E-state index in [0.29, 0.717) is 0 Å². The normalized spacial score (nSPS) is 28.3. The van der Waals surface area contributed by atoms with Crippen LogP contribution in [0.25, 0.3) is 0 Å². The number of hydrogen-bond donors (Lipinski definition) is 4. The lowest BCUT2D eigenvalue weighted by Crippen LogP contribution is -2.31. The quantitative estimate of drug-likeness (QED) is 0.532. The van der Waals surface area contributed by atoms with Crippen LogP contribution in [0, 0.1) is 5.82 Å². The number of ether oxygens (including phenoxy) is 1. The number of aliphatic hydroxyl groups excluding tert-OH is 2. The molecule has 1 aromatic heterocycles. The number of aromatic nitrogens is 2. The highest BCUT2D eigenvalue weighted by atomic mass is 19.1. The van der Waals surface area contributed by atoms with E-state index in [-0.39, 0.29) is 18.8 Å². The number of aromatic amines is 1. The van der Waals surface area contributed by atoms with Gasteiger partial charge in [-0.05, 0) is 0 Å². The lowest BCUT2D eigenvalue weighted by Gasteiger charge is -2.17. The van der Waals surface area contributed by atoms with Crippen molar-refractivity contribution in [1.82, 2.24) is 9.97 Å². The number of aliphatic hydroxyl groups is 2. The van der Waals surface area contributed by atoms with Crippen molar-refractivity contribution in [2.45, 2.75) is 24.9 Å². The van der Waals surface area contributed by atoms with Crippen molar-refractivity contribution in [2.24, 2.45) is 0 Å². The smallest absolute Gasteiger partial charge is 0.346 e. The zero-order valence-electron chi connectivity index (χ0n) is 8.76. The zero-order chi connectivity index (χ0) is 12.4. The molecule has 0 aromatic carbocycles. The maximum Gasteiger partial charge on any atom is 0.346 e. The van der Waals surface area contributed by atoms with Gasteiger partial charge in [0.25, 0.3) is 0 Å². The zero-order valence-corrected chi connectivity index (χ0v) is 8.76. The van der Waals surface area contributed by atoms with Crippen LogP contribution in [0.3, 0.4) is 0 Å². The monoisotopic (exact) mass is 245 g/mol. The number of nitrogens with one attached hydrogen (secondary N) is 2. The van der Waals surface area contributed by atoms with Gasteiger partial charge in [0.1, 0.15) is 11.9 Å². The summed E-state index contributed by atoms with van der Waals surface area (Å²) in [5.41, 5.74) is -0.708. The lowest BCUT2D eigenvalue weighted by atomic mass is 10.2. The Morgan fingerprint density at radius 1 is 1.71 bits per heavy atom. The summed E-state index contributed by atoms with van der Waals surface area (Å²) in [6, 6.07) is 0. The van der Waals surface area contributed by atoms with E-state index in [2.05, 4.69) is 15.3 Å². The van der Waals surface area contributed by atoms with Gasteiger partial charge >= 0.3 is 5.69 Å². The van der Waals surface area contributed by atoms with Crippen LogP contribution in [0.5, 0.6) is 0 Å². The fourth-order valence-corrected chi connectivity index (χ4v) is 1.62. The minimum atomic E-state index is -0.886. The van der Waals surface area contributed by atoms with Gasteiger partial charge in [0.15, 0.2) is 12.0 Å². The Morgan fingerprint density at radius 3 is 3.12 bits per heavy atom. The molecule has 17 heavy (non-hydrogen) atoms. The van der Waals surface area contributed by atoms with Crippen LogP contribution in [0.4, 0.5) is 10.2 Å². The predicted molar refractivity (Wildman–Crippen MR) is 54.8 cm³/mol. The van der Waals surface area contributed by atoms with E-state index in [1.54, 1.807) is 0 Å². The van der Waals surface area contributed by atoms with Crippen molar-refractivity contribution in [1.29, 1.82) is 0 Å². The van der Waals surface area contributed by atoms with Crippen molar-refractivity contribution >= 4 is 5.82 Å². The molecule has 2 heterocycles. The van der Waals surface area contributed by atoms with Gasteiger partial charge in [0.05, 0.1) is 18.9 Å². The molecule has 0 amide bonds. The SMILES string of the molecule is O=c1ncc(F)c(N[C@@H]2O[C@H](CO)C[C@H]2O)[nH]1. The summed E-state index contributed by atoms with van der Waals surface area (Å²) < 4.78 is 18.4. The Balaban J connectivity index is 2.11. The van der Waals surface area contributed by atoms with Gasteiger partial charge < -0.3 is 20.3 Å². The van der Waals surface area contributed by atoms with E-state index in [9.17, 15) is 14.3 Å². The molecule has 3 atom stereocenters. The van der Waals surface area contributed by atoms with Crippen molar-refractivity contribution < 1.29 is 19.3 Å². The fraction of sp³-hybridized carbons (Fsp3) is 0.556. The van der Waals surface area contributed by atoms with Crippen molar-refractivity contribution in [3.63, 3.8) is 0 Å². The Bertz CT molecular complexity index is 452. The lowest BCUT2D eigenvalue weighted by molar-refractivity contribution is 0.00497. The number of rotatable bonds is 3. The molecule has 0 saturated carbocycles. The maximum absolute atomic E-state index is 13.2. The summed E-state index contributed by atoms with van der Waals surface area (Å²) in [7, 11) is 0. The minimum Gasteiger partial charge on any atom is -0.394 e. The maximum atomic E-state index is 13.2. The van der Waals surface area contributed by atoms with Crippen molar-refractivity contribution in [3.8, 4) is 0 Å². The Labute approximate surface area is 95.3 Å². The second-order valence-electron chi connectivity index (χ2n) is 3.72. The molecular formula is C9H12FN3O4. The van der Waals surface area contributed by atoms with Crippen LogP contribution in [0.1, 0.15) is 6.42 Å². The van der Waals surface area contributed by atoms with Crippen LogP contribution < -0.4 is 11.0 Å². The summed E-state index contributed by atoms with van der Waals surface area (Å²) in [6.07, 6.45) is -1.25. The van der Waals surface area contributed by atoms with E-state index in [4.69, 9.17) is 9.84 Å². The highest BCUT2D eigenvalue weighted by Crippen LogP contribution is 2.21. The summed E-state index contributed by atoms with van der Waals surface area (Å²) in [5, 5.41) is 21.0. The summed E-state index contributed by atoms with van der Waals surface area (Å²) in [6.45, 7) is -0.232. The first-order valence-corrected chi connectivity index (χ1v) is 5.06. The average molecular weight is 245 g/mol. The van der Waals surface area contributed by atoms with Gasteiger partial charge in [-0.3, -0.25) is 4.98 Å². The topological polar surface area (TPSA) is 107 Å². The highest BCUT2D eigenvalue weighted by molar-refractivity contribution is 5.35. The summed E-state index contributed by atoms with van der Waals surface area (Å²) >= 11 is 0. The predicted octanol–water partition coefficient (Wildman–Crippen LogP) is -1.21. The highest BCUT2D eigenvalue weighted by Gasteiger charge is 2.34. The molecule has 0 radical (unpaired) electrons. The van der Waals surface area contributed by atoms with E-state index >= 15 is 0 Å². The van der Waals surface area contributed by atoms with Crippen LogP contribution >= 0.6 is 0 Å². The molecule has 1 aliphatic heterocycles. The first-order valence-electron chi connectivity index (χ1n) is 5.06. The Morgan fingerprint density at radius 2 is 2.47 bits per heavy atom. The van der Waals surface area contributed by atoms with Crippen molar-refractivity contribution in [3.05, 3.63) is 22.5 Å². The number of anilines is 1. The van der Waals surface area contributed by atoms with Gasteiger partial charge in [-0.2, -0.15) is 4.98 Å². The molecule has 1 saturated heterocycles. The number of H-pyrrole nitrogens is 1. The van der Waals surface area contributed by atoms with Crippen LogP contribution in [-0.2, 0) is 4.74 Å². The van der Waals surface area contributed by atoms with Crippen molar-refractivity contribution in [2.75, 3.05) is 11.9 Å².